The second kappa shape index (κ2) is 9.22. The first-order valence-electron chi connectivity index (χ1n) is 13.2. The highest BCUT2D eigenvalue weighted by Gasteiger charge is 2.23. The zero-order chi connectivity index (χ0) is 24.6. The molecule has 0 saturated carbocycles. The van der Waals surface area contributed by atoms with Gasteiger partial charge in [0.15, 0.2) is 0 Å². The van der Waals surface area contributed by atoms with Crippen LogP contribution >= 0.6 is 0 Å². The Morgan fingerprint density at radius 3 is 2.27 bits per heavy atom. The third-order valence-electron chi connectivity index (χ3n) is 7.88. The van der Waals surface area contributed by atoms with Crippen LogP contribution in [0.15, 0.2) is 122 Å². The van der Waals surface area contributed by atoms with Crippen LogP contribution in [0.25, 0.3) is 43.4 Å². The van der Waals surface area contributed by atoms with E-state index in [2.05, 4.69) is 107 Å². The van der Waals surface area contributed by atoms with Gasteiger partial charge >= 0.3 is 0 Å². The maximum atomic E-state index is 4.08. The van der Waals surface area contributed by atoms with Gasteiger partial charge in [0, 0.05) is 28.4 Å². The van der Waals surface area contributed by atoms with Crippen LogP contribution in [0.5, 0.6) is 0 Å². The summed E-state index contributed by atoms with van der Waals surface area (Å²) in [5.74, 6) is 0.547. The summed E-state index contributed by atoms with van der Waals surface area (Å²) < 4.78 is 0. The van der Waals surface area contributed by atoms with E-state index in [1.54, 1.807) is 5.56 Å². The Hall–Kier alpha value is -4.43. The zero-order valence-corrected chi connectivity index (χ0v) is 20.7. The molecule has 37 heavy (non-hydrogen) atoms. The van der Waals surface area contributed by atoms with Crippen LogP contribution in [0.1, 0.15) is 35.4 Å². The molecule has 0 radical (unpaired) electrons. The molecule has 178 valence electrons. The molecule has 2 nitrogen and oxygen atoms in total. The fourth-order valence-electron chi connectivity index (χ4n) is 6.14. The van der Waals surface area contributed by atoms with Crippen molar-refractivity contribution in [2.75, 3.05) is 0 Å². The van der Waals surface area contributed by atoms with E-state index in [1.165, 1.54) is 68.2 Å². The monoisotopic (exact) mass is 476 g/mol. The van der Waals surface area contributed by atoms with Crippen molar-refractivity contribution in [3.05, 3.63) is 138 Å². The predicted molar refractivity (Wildman–Crippen MR) is 156 cm³/mol. The van der Waals surface area contributed by atoms with Crippen molar-refractivity contribution in [1.82, 2.24) is 9.97 Å². The molecule has 1 aliphatic rings. The minimum Gasteiger partial charge on any atom is -0.353 e. The average Bonchev–Trinajstić information content (AvgIpc) is 3.36. The molecule has 0 saturated heterocycles. The second-order valence-electron chi connectivity index (χ2n) is 9.96. The minimum absolute atomic E-state index is 0.547. The van der Waals surface area contributed by atoms with E-state index in [0.717, 1.165) is 5.52 Å². The van der Waals surface area contributed by atoms with Crippen molar-refractivity contribution in [3.8, 4) is 0 Å². The van der Waals surface area contributed by atoms with E-state index < -0.39 is 0 Å². The SMILES string of the molecule is c1ccc(C2CCCc3c2ccc2c3ccc3ccccc32)cc1.c1ccc2c(c1)[nH]c1cnccc12. The maximum absolute atomic E-state index is 4.08. The third-order valence-corrected chi connectivity index (χ3v) is 7.88. The van der Waals surface area contributed by atoms with Gasteiger partial charge in [0.1, 0.15) is 0 Å². The summed E-state index contributed by atoms with van der Waals surface area (Å²) in [7, 11) is 0. The number of benzene rings is 5. The third kappa shape index (κ3) is 3.86. The molecule has 1 unspecified atom stereocenters. The second-order valence-corrected chi connectivity index (χ2v) is 9.96. The Kier molecular flexibility index (Phi) is 5.44. The van der Waals surface area contributed by atoms with Crippen LogP contribution < -0.4 is 0 Å². The molecule has 1 N–H and O–H groups in total. The van der Waals surface area contributed by atoms with Crippen molar-refractivity contribution in [3.63, 3.8) is 0 Å². The van der Waals surface area contributed by atoms with Crippen molar-refractivity contribution < 1.29 is 0 Å². The lowest BCUT2D eigenvalue weighted by Crippen LogP contribution is -2.11. The molecular formula is C35H28N2. The van der Waals surface area contributed by atoms with Gasteiger partial charge in [0.05, 0.1) is 11.7 Å². The number of H-pyrrole nitrogens is 1. The maximum Gasteiger partial charge on any atom is 0.0651 e. The quantitative estimate of drug-likeness (QED) is 0.235. The van der Waals surface area contributed by atoms with Crippen LogP contribution in [-0.2, 0) is 6.42 Å². The van der Waals surface area contributed by atoms with Crippen LogP contribution in [0.4, 0.5) is 0 Å². The van der Waals surface area contributed by atoms with Gasteiger partial charge in [-0.05, 0) is 69.6 Å². The van der Waals surface area contributed by atoms with Gasteiger partial charge in [-0.3, -0.25) is 4.98 Å². The number of rotatable bonds is 1. The van der Waals surface area contributed by atoms with Crippen molar-refractivity contribution >= 4 is 43.4 Å². The number of nitrogens with one attached hydrogen (secondary N) is 1. The Morgan fingerprint density at radius 1 is 0.595 bits per heavy atom. The Labute approximate surface area is 216 Å². The van der Waals surface area contributed by atoms with E-state index >= 15 is 0 Å². The van der Waals surface area contributed by atoms with Crippen LogP contribution in [-0.4, -0.2) is 9.97 Å². The van der Waals surface area contributed by atoms with E-state index in [-0.39, 0.29) is 0 Å². The van der Waals surface area contributed by atoms with Crippen LogP contribution in [0, 0.1) is 0 Å². The summed E-state index contributed by atoms with van der Waals surface area (Å²) >= 11 is 0. The topological polar surface area (TPSA) is 28.7 Å². The Morgan fingerprint density at radius 2 is 1.35 bits per heavy atom. The molecule has 2 aromatic heterocycles. The molecule has 1 atom stereocenters. The molecule has 0 fully saturated rings. The van der Waals surface area contributed by atoms with Gasteiger partial charge in [0.25, 0.3) is 0 Å². The number of fused-ring (bicyclic) bond motifs is 8. The van der Waals surface area contributed by atoms with Gasteiger partial charge in [0.2, 0.25) is 0 Å². The molecule has 8 rings (SSSR count). The lowest BCUT2D eigenvalue weighted by molar-refractivity contribution is 0.619. The zero-order valence-electron chi connectivity index (χ0n) is 20.7. The van der Waals surface area contributed by atoms with Crippen LogP contribution in [0.3, 0.4) is 0 Å². The Bertz CT molecular complexity index is 1810. The normalized spacial score (nSPS) is 15.0. The molecule has 0 aliphatic heterocycles. The van der Waals surface area contributed by atoms with Gasteiger partial charge < -0.3 is 4.98 Å². The summed E-state index contributed by atoms with van der Waals surface area (Å²) in [5.41, 5.74) is 6.83. The number of para-hydroxylation sites is 1. The molecule has 0 bridgehead atoms. The molecular weight excluding hydrogens is 448 g/mol. The highest BCUT2D eigenvalue weighted by atomic mass is 14.7. The Balaban J connectivity index is 0.000000149. The molecule has 2 heteroatoms. The number of pyridine rings is 1. The number of hydrogen-bond donors (Lipinski definition) is 1. The van der Waals surface area contributed by atoms with E-state index in [4.69, 9.17) is 0 Å². The highest BCUT2D eigenvalue weighted by molar-refractivity contribution is 6.09. The number of aryl methyl sites for hydroxylation is 1. The van der Waals surface area contributed by atoms with E-state index in [1.807, 2.05) is 24.5 Å². The van der Waals surface area contributed by atoms with Gasteiger partial charge in [-0.2, -0.15) is 0 Å². The smallest absolute Gasteiger partial charge is 0.0651 e. The summed E-state index contributed by atoms with van der Waals surface area (Å²) in [4.78, 5) is 7.39. The minimum atomic E-state index is 0.547. The molecule has 2 heterocycles. The first-order valence-corrected chi connectivity index (χ1v) is 13.2. The number of aromatic nitrogens is 2. The number of nitrogens with zero attached hydrogens (tertiary/aromatic N) is 1. The van der Waals surface area contributed by atoms with Crippen molar-refractivity contribution in [1.29, 1.82) is 0 Å². The largest absolute Gasteiger partial charge is 0.353 e. The predicted octanol–water partition coefficient (Wildman–Crippen LogP) is 9.18. The fraction of sp³-hybridized carbons (Fsp3) is 0.114. The molecule has 5 aromatic carbocycles. The first kappa shape index (κ1) is 21.8. The summed E-state index contributed by atoms with van der Waals surface area (Å²) in [6.45, 7) is 0. The standard InChI is InChI=1S/C24H20.C11H8N2/c1-2-7-17(8-3-1)20-11-6-12-21-22(20)15-16-23-19-10-5-4-9-18(19)13-14-24(21)23;1-2-4-10-8(3-1)9-5-6-12-7-11(9)13-10/h1-5,7-10,13-16,20H,6,11-12H2;1-7,13H. The number of hydrogen-bond acceptors (Lipinski definition) is 1. The van der Waals surface area contributed by atoms with E-state index in [9.17, 15) is 0 Å². The molecule has 1 aliphatic carbocycles. The van der Waals surface area contributed by atoms with Crippen LogP contribution in [0.2, 0.25) is 0 Å². The molecule has 0 spiro atoms. The lowest BCUT2D eigenvalue weighted by atomic mass is 9.77. The van der Waals surface area contributed by atoms with Gasteiger partial charge in [-0.15, -0.1) is 0 Å². The summed E-state index contributed by atoms with van der Waals surface area (Å²) in [6.07, 6.45) is 7.42. The van der Waals surface area contributed by atoms with Gasteiger partial charge in [-0.25, -0.2) is 0 Å². The first-order chi connectivity index (χ1) is 18.4. The lowest BCUT2D eigenvalue weighted by Gasteiger charge is -2.27. The van der Waals surface area contributed by atoms with Crippen molar-refractivity contribution in [2.24, 2.45) is 0 Å². The summed E-state index contributed by atoms with van der Waals surface area (Å²) in [5, 5.41) is 8.07. The van der Waals surface area contributed by atoms with Gasteiger partial charge in [-0.1, -0.05) is 97.1 Å². The highest BCUT2D eigenvalue weighted by Crippen LogP contribution is 2.41. The molecule has 0 amide bonds. The van der Waals surface area contributed by atoms with E-state index in [0.29, 0.717) is 5.92 Å². The molecule has 7 aromatic rings. The summed E-state index contributed by atoms with van der Waals surface area (Å²) in [6, 6.07) is 39.4. The average molecular weight is 477 g/mol. The number of aromatic amines is 1. The van der Waals surface area contributed by atoms with Crippen molar-refractivity contribution in [2.45, 2.75) is 25.2 Å². The fourth-order valence-corrected chi connectivity index (χ4v) is 6.14.